The molecule has 0 aliphatic carbocycles. The summed E-state index contributed by atoms with van der Waals surface area (Å²) in [6.45, 7) is 8.09. The Labute approximate surface area is 174 Å². The van der Waals surface area contributed by atoms with Gasteiger partial charge in [0.1, 0.15) is 5.76 Å². The Morgan fingerprint density at radius 2 is 2.03 bits per heavy atom. The highest BCUT2D eigenvalue weighted by Gasteiger charge is 2.22. The van der Waals surface area contributed by atoms with Crippen molar-refractivity contribution < 1.29 is 9.21 Å². The number of furan rings is 1. The van der Waals surface area contributed by atoms with Crippen molar-refractivity contribution in [2.45, 2.75) is 30.8 Å². The molecular weight excluding hydrogens is 386 g/mol. The molecule has 0 radical (unpaired) electrons. The first-order valence-electron chi connectivity index (χ1n) is 9.24. The Hall–Kier alpha value is -3.00. The number of anilines is 2. The molecule has 152 valence electrons. The molecular formula is C21H25N5O2S. The number of aromatic nitrogens is 3. The normalized spacial score (nSPS) is 11.9. The maximum atomic E-state index is 12.7. The predicted molar refractivity (Wildman–Crippen MR) is 117 cm³/mol. The van der Waals surface area contributed by atoms with E-state index >= 15 is 0 Å². The van der Waals surface area contributed by atoms with Gasteiger partial charge in [-0.1, -0.05) is 17.8 Å². The lowest BCUT2D eigenvalue weighted by Gasteiger charge is -2.15. The lowest BCUT2D eigenvalue weighted by atomic mass is 10.2. The van der Waals surface area contributed by atoms with Crippen molar-refractivity contribution in [2.24, 2.45) is 0 Å². The molecule has 0 fully saturated rings. The van der Waals surface area contributed by atoms with Gasteiger partial charge in [-0.3, -0.25) is 9.36 Å². The van der Waals surface area contributed by atoms with Crippen molar-refractivity contribution in [2.75, 3.05) is 24.3 Å². The molecule has 0 saturated carbocycles. The van der Waals surface area contributed by atoms with Gasteiger partial charge in [0.15, 0.2) is 11.0 Å². The molecule has 3 rings (SSSR count). The van der Waals surface area contributed by atoms with Crippen LogP contribution in [0, 0.1) is 6.92 Å². The summed E-state index contributed by atoms with van der Waals surface area (Å²) >= 11 is 1.36. The smallest absolute Gasteiger partial charge is 0.237 e. The zero-order chi connectivity index (χ0) is 21.0. The Balaban J connectivity index is 1.73. The number of benzene rings is 1. The van der Waals surface area contributed by atoms with Gasteiger partial charge in [-0.15, -0.1) is 16.8 Å². The van der Waals surface area contributed by atoms with Crippen molar-refractivity contribution in [3.8, 4) is 11.4 Å². The van der Waals surface area contributed by atoms with Gasteiger partial charge in [0, 0.05) is 32.0 Å². The quantitative estimate of drug-likeness (QED) is 0.442. The molecule has 0 aliphatic heterocycles. The SMILES string of the molecule is C=CCn1c(SC(C)C(=O)Nc2ccc(N(C)C)cc2)nnc1-c1ccoc1C. The fourth-order valence-electron chi connectivity index (χ4n) is 2.78. The van der Waals surface area contributed by atoms with E-state index < -0.39 is 0 Å². The topological polar surface area (TPSA) is 76.2 Å². The first-order chi connectivity index (χ1) is 13.9. The highest BCUT2D eigenvalue weighted by Crippen LogP contribution is 2.29. The lowest BCUT2D eigenvalue weighted by molar-refractivity contribution is -0.115. The molecule has 8 heteroatoms. The molecule has 1 amide bonds. The minimum atomic E-state index is -0.352. The van der Waals surface area contributed by atoms with Crippen molar-refractivity contribution >= 4 is 29.0 Å². The van der Waals surface area contributed by atoms with Gasteiger partial charge < -0.3 is 14.6 Å². The van der Waals surface area contributed by atoms with E-state index in [9.17, 15) is 4.79 Å². The Kier molecular flexibility index (Phi) is 6.43. The molecule has 3 aromatic rings. The van der Waals surface area contributed by atoms with E-state index in [-0.39, 0.29) is 11.2 Å². The third-order valence-corrected chi connectivity index (χ3v) is 5.51. The van der Waals surface area contributed by atoms with Gasteiger partial charge in [-0.25, -0.2) is 0 Å². The maximum Gasteiger partial charge on any atom is 0.237 e. The van der Waals surface area contributed by atoms with Crippen LogP contribution < -0.4 is 10.2 Å². The molecule has 0 aliphatic rings. The Morgan fingerprint density at radius 3 is 2.62 bits per heavy atom. The summed E-state index contributed by atoms with van der Waals surface area (Å²) in [6.07, 6.45) is 3.41. The molecule has 1 atom stereocenters. The number of aryl methyl sites for hydroxylation is 1. The van der Waals surface area contributed by atoms with Gasteiger partial charge in [0.05, 0.1) is 17.1 Å². The predicted octanol–water partition coefficient (Wildman–Crippen LogP) is 4.22. The molecule has 1 unspecified atom stereocenters. The fourth-order valence-corrected chi connectivity index (χ4v) is 3.64. The van der Waals surface area contributed by atoms with E-state index in [0.717, 1.165) is 22.7 Å². The second-order valence-corrected chi connectivity index (χ2v) is 8.09. The minimum Gasteiger partial charge on any atom is -0.469 e. The first kappa shape index (κ1) is 20.7. The molecule has 1 aromatic carbocycles. The van der Waals surface area contributed by atoms with Gasteiger partial charge >= 0.3 is 0 Å². The Bertz CT molecular complexity index is 991. The summed E-state index contributed by atoms with van der Waals surface area (Å²) in [6, 6.07) is 9.58. The van der Waals surface area contributed by atoms with Crippen LogP contribution in [0.2, 0.25) is 0 Å². The van der Waals surface area contributed by atoms with Crippen LogP contribution in [0.15, 0.2) is 58.8 Å². The molecule has 1 N–H and O–H groups in total. The van der Waals surface area contributed by atoms with E-state index in [1.807, 2.05) is 67.7 Å². The highest BCUT2D eigenvalue weighted by molar-refractivity contribution is 8.00. The first-order valence-corrected chi connectivity index (χ1v) is 10.1. The maximum absolute atomic E-state index is 12.7. The number of nitrogens with one attached hydrogen (secondary N) is 1. The number of rotatable bonds is 8. The average Bonchev–Trinajstić information content (AvgIpc) is 3.28. The lowest BCUT2D eigenvalue weighted by Crippen LogP contribution is -2.23. The van der Waals surface area contributed by atoms with Crippen molar-refractivity contribution in [3.63, 3.8) is 0 Å². The van der Waals surface area contributed by atoms with Crippen LogP contribution in [0.1, 0.15) is 12.7 Å². The average molecular weight is 412 g/mol. The van der Waals surface area contributed by atoms with E-state index in [4.69, 9.17) is 4.42 Å². The summed E-state index contributed by atoms with van der Waals surface area (Å²) in [4.78, 5) is 14.7. The third kappa shape index (κ3) is 4.71. The molecule has 0 saturated heterocycles. The number of allylic oxidation sites excluding steroid dienone is 1. The zero-order valence-corrected chi connectivity index (χ0v) is 17.9. The summed E-state index contributed by atoms with van der Waals surface area (Å²) in [5, 5.41) is 11.9. The minimum absolute atomic E-state index is 0.0956. The van der Waals surface area contributed by atoms with Crippen LogP contribution >= 0.6 is 11.8 Å². The second kappa shape index (κ2) is 9.00. The highest BCUT2D eigenvalue weighted by atomic mass is 32.2. The van der Waals surface area contributed by atoms with Crippen molar-refractivity contribution in [1.82, 2.24) is 14.8 Å². The molecule has 0 bridgehead atoms. The number of hydrogen-bond donors (Lipinski definition) is 1. The van der Waals surface area contributed by atoms with E-state index in [2.05, 4.69) is 22.1 Å². The fraction of sp³-hybridized carbons (Fsp3) is 0.286. The number of carbonyl (C=O) groups is 1. The number of thioether (sulfide) groups is 1. The molecule has 7 nitrogen and oxygen atoms in total. The third-order valence-electron chi connectivity index (χ3n) is 4.43. The van der Waals surface area contributed by atoms with E-state index in [1.54, 1.807) is 12.3 Å². The molecule has 2 heterocycles. The summed E-state index contributed by atoms with van der Waals surface area (Å²) < 4.78 is 7.32. The van der Waals surface area contributed by atoms with Crippen LogP contribution in [0.25, 0.3) is 11.4 Å². The van der Waals surface area contributed by atoms with Crippen LogP contribution in [-0.2, 0) is 11.3 Å². The summed E-state index contributed by atoms with van der Waals surface area (Å²) in [7, 11) is 3.95. The van der Waals surface area contributed by atoms with Gasteiger partial charge in [0.2, 0.25) is 5.91 Å². The van der Waals surface area contributed by atoms with Crippen LogP contribution in [-0.4, -0.2) is 40.0 Å². The molecule has 2 aromatic heterocycles. The Morgan fingerprint density at radius 1 is 1.31 bits per heavy atom. The number of nitrogens with zero attached hydrogens (tertiary/aromatic N) is 4. The van der Waals surface area contributed by atoms with E-state index in [0.29, 0.717) is 17.5 Å². The van der Waals surface area contributed by atoms with Gasteiger partial charge in [-0.2, -0.15) is 0 Å². The summed E-state index contributed by atoms with van der Waals surface area (Å²) in [5.74, 6) is 1.37. The number of carbonyl (C=O) groups excluding carboxylic acids is 1. The monoisotopic (exact) mass is 411 g/mol. The number of amides is 1. The van der Waals surface area contributed by atoms with Gasteiger partial charge in [-0.05, 0) is 44.2 Å². The standard InChI is InChI=1S/C21H25N5O2S/c1-6-12-26-19(18-11-13-28-14(18)2)23-24-21(26)29-15(3)20(27)22-16-7-9-17(10-8-16)25(4)5/h6-11,13,15H,1,12H2,2-5H3,(H,22,27). The summed E-state index contributed by atoms with van der Waals surface area (Å²) in [5.41, 5.74) is 2.71. The van der Waals surface area contributed by atoms with Crippen LogP contribution in [0.3, 0.4) is 0 Å². The van der Waals surface area contributed by atoms with Crippen LogP contribution in [0.4, 0.5) is 11.4 Å². The zero-order valence-electron chi connectivity index (χ0n) is 17.0. The molecule has 0 spiro atoms. The number of hydrogen-bond acceptors (Lipinski definition) is 6. The second-order valence-electron chi connectivity index (χ2n) is 6.79. The van der Waals surface area contributed by atoms with Crippen molar-refractivity contribution in [3.05, 3.63) is 55.0 Å². The van der Waals surface area contributed by atoms with Gasteiger partial charge in [0.25, 0.3) is 0 Å². The van der Waals surface area contributed by atoms with Crippen molar-refractivity contribution in [1.29, 1.82) is 0 Å². The largest absolute Gasteiger partial charge is 0.469 e. The van der Waals surface area contributed by atoms with E-state index in [1.165, 1.54) is 11.8 Å². The van der Waals surface area contributed by atoms with Crippen LogP contribution in [0.5, 0.6) is 0 Å². The molecule has 29 heavy (non-hydrogen) atoms.